The van der Waals surface area contributed by atoms with Crippen LogP contribution in [0.25, 0.3) is 0 Å². The molecule has 0 aromatic heterocycles. The van der Waals surface area contributed by atoms with E-state index in [1.54, 1.807) is 7.11 Å². The Bertz CT molecular complexity index is 416. The van der Waals surface area contributed by atoms with E-state index in [0.29, 0.717) is 26.3 Å². The standard InChI is InChI=1S/C15H24N2O3.ClH/c1-4-20-14-7-5-6-13(10-14)12(2)17-15(18)11-16-8-9-19-3;/h5-7,10,12,16H,4,8-9,11H2,1-3H3,(H,17,18);1H. The molecule has 1 rings (SSSR count). The van der Waals surface area contributed by atoms with E-state index in [0.717, 1.165) is 11.3 Å². The summed E-state index contributed by atoms with van der Waals surface area (Å²) in [6, 6.07) is 7.72. The minimum absolute atomic E-state index is 0. The molecular formula is C15H25ClN2O3. The largest absolute Gasteiger partial charge is 0.494 e. The zero-order chi connectivity index (χ0) is 14.8. The molecule has 120 valence electrons. The lowest BCUT2D eigenvalue weighted by molar-refractivity contribution is -0.120. The van der Waals surface area contributed by atoms with Crippen LogP contribution in [0, 0.1) is 0 Å². The van der Waals surface area contributed by atoms with Crippen molar-refractivity contribution in [2.45, 2.75) is 19.9 Å². The highest BCUT2D eigenvalue weighted by molar-refractivity contribution is 5.85. The fraction of sp³-hybridized carbons (Fsp3) is 0.533. The minimum atomic E-state index is -0.0490. The Kier molecular flexibility index (Phi) is 10.7. The van der Waals surface area contributed by atoms with Gasteiger partial charge in [0.2, 0.25) is 5.91 Å². The number of rotatable bonds is 9. The van der Waals surface area contributed by atoms with Gasteiger partial charge in [0.05, 0.1) is 25.8 Å². The van der Waals surface area contributed by atoms with Gasteiger partial charge in [0.25, 0.3) is 0 Å². The van der Waals surface area contributed by atoms with Gasteiger partial charge in [-0.1, -0.05) is 12.1 Å². The number of hydrogen-bond donors (Lipinski definition) is 2. The summed E-state index contributed by atoms with van der Waals surface area (Å²) in [5, 5.41) is 5.96. The van der Waals surface area contributed by atoms with Crippen molar-refractivity contribution in [3.05, 3.63) is 29.8 Å². The number of methoxy groups -OCH3 is 1. The first kappa shape index (κ1) is 19.7. The Labute approximate surface area is 132 Å². The average Bonchev–Trinajstić information content (AvgIpc) is 2.44. The third-order valence-electron chi connectivity index (χ3n) is 2.82. The molecule has 0 saturated carbocycles. The highest BCUT2D eigenvalue weighted by Gasteiger charge is 2.09. The normalized spacial score (nSPS) is 11.4. The molecule has 0 radical (unpaired) electrons. The van der Waals surface area contributed by atoms with E-state index < -0.39 is 0 Å². The summed E-state index contributed by atoms with van der Waals surface area (Å²) in [6.45, 7) is 6.09. The summed E-state index contributed by atoms with van der Waals surface area (Å²) < 4.78 is 10.4. The smallest absolute Gasteiger partial charge is 0.234 e. The van der Waals surface area contributed by atoms with Gasteiger partial charge in [-0.05, 0) is 31.5 Å². The summed E-state index contributed by atoms with van der Waals surface area (Å²) in [6.07, 6.45) is 0. The number of ether oxygens (including phenoxy) is 2. The molecule has 0 saturated heterocycles. The van der Waals surface area contributed by atoms with E-state index in [1.807, 2.05) is 38.1 Å². The molecule has 1 aromatic carbocycles. The molecule has 0 fully saturated rings. The van der Waals surface area contributed by atoms with Crippen molar-refractivity contribution in [3.63, 3.8) is 0 Å². The van der Waals surface area contributed by atoms with Gasteiger partial charge in [-0.3, -0.25) is 4.79 Å². The van der Waals surface area contributed by atoms with E-state index in [9.17, 15) is 4.79 Å². The predicted octanol–water partition coefficient (Wildman–Crippen LogP) is 1.92. The number of nitrogens with one attached hydrogen (secondary N) is 2. The van der Waals surface area contributed by atoms with Gasteiger partial charge in [-0.2, -0.15) is 0 Å². The van der Waals surface area contributed by atoms with Crippen LogP contribution < -0.4 is 15.4 Å². The molecule has 0 heterocycles. The number of carbonyl (C=O) groups is 1. The SMILES string of the molecule is CCOc1cccc(C(C)NC(=O)CNCCOC)c1.Cl. The molecule has 0 spiro atoms. The molecule has 1 amide bonds. The fourth-order valence-electron chi connectivity index (χ4n) is 1.79. The quantitative estimate of drug-likeness (QED) is 0.683. The molecule has 1 aromatic rings. The topological polar surface area (TPSA) is 59.6 Å². The van der Waals surface area contributed by atoms with E-state index in [-0.39, 0.29) is 24.4 Å². The van der Waals surface area contributed by atoms with Gasteiger partial charge in [0.15, 0.2) is 0 Å². The number of benzene rings is 1. The van der Waals surface area contributed by atoms with Crippen LogP contribution in [0.5, 0.6) is 5.75 Å². The molecule has 1 unspecified atom stereocenters. The summed E-state index contributed by atoms with van der Waals surface area (Å²) in [4.78, 5) is 11.8. The average molecular weight is 317 g/mol. The van der Waals surface area contributed by atoms with Crippen LogP contribution in [0.1, 0.15) is 25.5 Å². The summed E-state index contributed by atoms with van der Waals surface area (Å²) in [7, 11) is 1.63. The van der Waals surface area contributed by atoms with Crippen LogP contribution in [-0.4, -0.2) is 39.3 Å². The van der Waals surface area contributed by atoms with E-state index >= 15 is 0 Å². The third-order valence-corrected chi connectivity index (χ3v) is 2.82. The number of amides is 1. The molecule has 0 bridgehead atoms. The van der Waals surface area contributed by atoms with E-state index in [4.69, 9.17) is 9.47 Å². The number of halogens is 1. The summed E-state index contributed by atoms with van der Waals surface area (Å²) in [5.41, 5.74) is 1.03. The molecule has 0 aliphatic rings. The van der Waals surface area contributed by atoms with Crippen molar-refractivity contribution >= 4 is 18.3 Å². The highest BCUT2D eigenvalue weighted by Crippen LogP contribution is 2.18. The van der Waals surface area contributed by atoms with Crippen LogP contribution in [0.15, 0.2) is 24.3 Å². The van der Waals surface area contributed by atoms with Gasteiger partial charge >= 0.3 is 0 Å². The predicted molar refractivity (Wildman–Crippen MR) is 86.2 cm³/mol. The maximum absolute atomic E-state index is 11.8. The Balaban J connectivity index is 0.00000400. The van der Waals surface area contributed by atoms with Crippen molar-refractivity contribution in [2.75, 3.05) is 33.4 Å². The molecule has 2 N–H and O–H groups in total. The lowest BCUT2D eigenvalue weighted by Gasteiger charge is -2.15. The molecule has 21 heavy (non-hydrogen) atoms. The lowest BCUT2D eigenvalue weighted by atomic mass is 10.1. The molecular weight excluding hydrogens is 292 g/mol. The minimum Gasteiger partial charge on any atom is -0.494 e. The van der Waals surface area contributed by atoms with Crippen LogP contribution in [0.2, 0.25) is 0 Å². The van der Waals surface area contributed by atoms with Crippen molar-refractivity contribution in [1.29, 1.82) is 0 Å². The maximum Gasteiger partial charge on any atom is 0.234 e. The van der Waals surface area contributed by atoms with Gasteiger partial charge in [-0.15, -0.1) is 12.4 Å². The highest BCUT2D eigenvalue weighted by atomic mass is 35.5. The molecule has 0 aliphatic heterocycles. The van der Waals surface area contributed by atoms with Crippen LogP contribution in [-0.2, 0) is 9.53 Å². The first-order valence-corrected chi connectivity index (χ1v) is 6.89. The van der Waals surface area contributed by atoms with Crippen LogP contribution >= 0.6 is 12.4 Å². The van der Waals surface area contributed by atoms with Crippen molar-refractivity contribution in [3.8, 4) is 5.75 Å². The van der Waals surface area contributed by atoms with Gasteiger partial charge < -0.3 is 20.1 Å². The van der Waals surface area contributed by atoms with E-state index in [1.165, 1.54) is 0 Å². The van der Waals surface area contributed by atoms with Crippen LogP contribution in [0.4, 0.5) is 0 Å². The molecule has 6 heteroatoms. The van der Waals surface area contributed by atoms with Crippen molar-refractivity contribution in [1.82, 2.24) is 10.6 Å². The lowest BCUT2D eigenvalue weighted by Crippen LogP contribution is -2.36. The van der Waals surface area contributed by atoms with Gasteiger partial charge in [-0.25, -0.2) is 0 Å². The Morgan fingerprint density at radius 2 is 2.14 bits per heavy atom. The summed E-state index contributed by atoms with van der Waals surface area (Å²) in [5.74, 6) is 0.791. The molecule has 1 atom stereocenters. The molecule has 5 nitrogen and oxygen atoms in total. The van der Waals surface area contributed by atoms with Gasteiger partial charge in [0.1, 0.15) is 5.75 Å². The van der Waals surface area contributed by atoms with Crippen molar-refractivity contribution in [2.24, 2.45) is 0 Å². The monoisotopic (exact) mass is 316 g/mol. The van der Waals surface area contributed by atoms with Crippen LogP contribution in [0.3, 0.4) is 0 Å². The first-order valence-electron chi connectivity index (χ1n) is 6.89. The second kappa shape index (κ2) is 11.4. The van der Waals surface area contributed by atoms with E-state index in [2.05, 4.69) is 10.6 Å². The third kappa shape index (κ3) is 7.90. The zero-order valence-corrected chi connectivity index (χ0v) is 13.7. The second-order valence-corrected chi connectivity index (χ2v) is 4.46. The maximum atomic E-state index is 11.8. The van der Waals surface area contributed by atoms with Crippen molar-refractivity contribution < 1.29 is 14.3 Å². The number of carbonyl (C=O) groups excluding carboxylic acids is 1. The Morgan fingerprint density at radius 3 is 2.81 bits per heavy atom. The first-order chi connectivity index (χ1) is 9.67. The Morgan fingerprint density at radius 1 is 1.38 bits per heavy atom. The summed E-state index contributed by atoms with van der Waals surface area (Å²) >= 11 is 0. The van der Waals surface area contributed by atoms with Gasteiger partial charge in [0, 0.05) is 13.7 Å². The zero-order valence-electron chi connectivity index (χ0n) is 12.8. The second-order valence-electron chi connectivity index (χ2n) is 4.46. The number of hydrogen-bond acceptors (Lipinski definition) is 4. The molecule has 0 aliphatic carbocycles. The fourth-order valence-corrected chi connectivity index (χ4v) is 1.79. The Hall–Kier alpha value is -1.30.